The van der Waals surface area contributed by atoms with Crippen LogP contribution in [0.4, 0.5) is 0 Å². The maximum absolute atomic E-state index is 11.8. The quantitative estimate of drug-likeness (QED) is 0.661. The van der Waals surface area contributed by atoms with E-state index in [9.17, 15) is 4.79 Å². The molecule has 1 heterocycles. The van der Waals surface area contributed by atoms with Gasteiger partial charge in [0.1, 0.15) is 5.82 Å². The van der Waals surface area contributed by atoms with Crippen molar-refractivity contribution in [2.24, 2.45) is 5.73 Å². The lowest BCUT2D eigenvalue weighted by atomic mass is 9.94. The van der Waals surface area contributed by atoms with Gasteiger partial charge >= 0.3 is 0 Å². The van der Waals surface area contributed by atoms with Gasteiger partial charge < -0.3 is 16.0 Å². The van der Waals surface area contributed by atoms with E-state index in [0.29, 0.717) is 13.0 Å². The smallest absolute Gasteiger partial charge is 0.221 e. The number of imidazole rings is 1. The molecule has 18 heavy (non-hydrogen) atoms. The van der Waals surface area contributed by atoms with E-state index in [0.717, 1.165) is 44.3 Å². The van der Waals surface area contributed by atoms with Crippen LogP contribution in [0.2, 0.25) is 0 Å². The van der Waals surface area contributed by atoms with Crippen LogP contribution >= 0.6 is 0 Å². The first-order chi connectivity index (χ1) is 8.68. The Labute approximate surface area is 108 Å². The average molecular weight is 250 g/mol. The fourth-order valence-electron chi connectivity index (χ4n) is 2.56. The van der Waals surface area contributed by atoms with Gasteiger partial charge in [0.25, 0.3) is 0 Å². The monoisotopic (exact) mass is 250 g/mol. The van der Waals surface area contributed by atoms with Gasteiger partial charge in [-0.25, -0.2) is 4.98 Å². The number of hydrogen-bond acceptors (Lipinski definition) is 3. The number of carbonyl (C=O) groups is 1. The van der Waals surface area contributed by atoms with Crippen molar-refractivity contribution in [2.45, 2.75) is 50.5 Å². The maximum Gasteiger partial charge on any atom is 0.221 e. The van der Waals surface area contributed by atoms with Crippen LogP contribution in [-0.2, 0) is 11.2 Å². The van der Waals surface area contributed by atoms with Crippen LogP contribution in [0.3, 0.4) is 0 Å². The minimum atomic E-state index is -0.245. The molecule has 0 saturated heterocycles. The summed E-state index contributed by atoms with van der Waals surface area (Å²) in [4.78, 5) is 18.9. The predicted molar refractivity (Wildman–Crippen MR) is 69.9 cm³/mol. The summed E-state index contributed by atoms with van der Waals surface area (Å²) in [6, 6.07) is 0. The van der Waals surface area contributed by atoms with E-state index in [1.165, 1.54) is 0 Å². The number of amides is 1. The van der Waals surface area contributed by atoms with Crippen LogP contribution in [0.25, 0.3) is 0 Å². The van der Waals surface area contributed by atoms with Crippen LogP contribution in [-0.4, -0.2) is 28.0 Å². The van der Waals surface area contributed by atoms with Crippen LogP contribution < -0.4 is 11.1 Å². The number of aryl methyl sites for hydroxylation is 1. The topological polar surface area (TPSA) is 83.8 Å². The molecule has 4 N–H and O–H groups in total. The molecule has 1 saturated carbocycles. The molecular formula is C13H22N4O. The summed E-state index contributed by atoms with van der Waals surface area (Å²) >= 11 is 0. The second-order valence-corrected chi connectivity index (χ2v) is 5.24. The van der Waals surface area contributed by atoms with Gasteiger partial charge in [-0.05, 0) is 19.3 Å². The Morgan fingerprint density at radius 2 is 2.28 bits per heavy atom. The van der Waals surface area contributed by atoms with Crippen molar-refractivity contribution in [2.75, 3.05) is 6.54 Å². The molecule has 1 aromatic rings. The summed E-state index contributed by atoms with van der Waals surface area (Å²) in [7, 11) is 0. The van der Waals surface area contributed by atoms with Crippen molar-refractivity contribution < 1.29 is 4.79 Å². The minimum Gasteiger partial charge on any atom is -0.356 e. The Balaban J connectivity index is 1.60. The molecule has 2 rings (SSSR count). The lowest BCUT2D eigenvalue weighted by Crippen LogP contribution is -2.42. The number of aromatic nitrogens is 2. The second-order valence-electron chi connectivity index (χ2n) is 5.24. The molecule has 5 nitrogen and oxygen atoms in total. The third kappa shape index (κ3) is 3.84. The molecule has 1 fully saturated rings. The summed E-state index contributed by atoms with van der Waals surface area (Å²) in [6.07, 6.45) is 10.0. The van der Waals surface area contributed by atoms with Crippen molar-refractivity contribution in [1.29, 1.82) is 0 Å². The van der Waals surface area contributed by atoms with Gasteiger partial charge in [-0.3, -0.25) is 4.79 Å². The zero-order chi connectivity index (χ0) is 12.8. The van der Waals surface area contributed by atoms with E-state index < -0.39 is 0 Å². The lowest BCUT2D eigenvalue weighted by molar-refractivity contribution is -0.122. The van der Waals surface area contributed by atoms with E-state index >= 15 is 0 Å². The molecule has 0 aliphatic heterocycles. The molecule has 1 amide bonds. The van der Waals surface area contributed by atoms with Gasteiger partial charge in [0.05, 0.1) is 0 Å². The minimum absolute atomic E-state index is 0.0823. The fourth-order valence-corrected chi connectivity index (χ4v) is 2.56. The highest BCUT2D eigenvalue weighted by atomic mass is 16.1. The van der Waals surface area contributed by atoms with Crippen molar-refractivity contribution in [3.8, 4) is 0 Å². The van der Waals surface area contributed by atoms with Crippen molar-refractivity contribution >= 4 is 5.91 Å². The number of nitrogens with one attached hydrogen (secondary N) is 2. The van der Waals surface area contributed by atoms with Gasteiger partial charge in [0.15, 0.2) is 0 Å². The molecule has 1 aliphatic carbocycles. The Morgan fingerprint density at radius 1 is 1.50 bits per heavy atom. The zero-order valence-electron chi connectivity index (χ0n) is 10.7. The van der Waals surface area contributed by atoms with E-state index in [1.54, 1.807) is 6.20 Å². The molecule has 0 radical (unpaired) electrons. The summed E-state index contributed by atoms with van der Waals surface area (Å²) in [5.74, 6) is 1.05. The molecule has 0 unspecified atom stereocenters. The summed E-state index contributed by atoms with van der Waals surface area (Å²) < 4.78 is 0. The van der Waals surface area contributed by atoms with Gasteiger partial charge in [0, 0.05) is 37.3 Å². The van der Waals surface area contributed by atoms with Gasteiger partial charge in [0.2, 0.25) is 5.91 Å². The summed E-state index contributed by atoms with van der Waals surface area (Å²) in [6.45, 7) is 0.690. The Hall–Kier alpha value is -1.36. The zero-order valence-corrected chi connectivity index (χ0v) is 10.7. The highest BCUT2D eigenvalue weighted by Crippen LogP contribution is 2.29. The van der Waals surface area contributed by atoms with Crippen LogP contribution in [0, 0.1) is 0 Å². The largest absolute Gasteiger partial charge is 0.356 e. The van der Waals surface area contributed by atoms with Crippen LogP contribution in [0.5, 0.6) is 0 Å². The summed E-state index contributed by atoms with van der Waals surface area (Å²) in [5, 5.41) is 2.94. The van der Waals surface area contributed by atoms with Crippen molar-refractivity contribution in [1.82, 2.24) is 15.3 Å². The number of hydrogen-bond donors (Lipinski definition) is 3. The van der Waals surface area contributed by atoms with E-state index in [2.05, 4.69) is 15.3 Å². The van der Waals surface area contributed by atoms with Crippen molar-refractivity contribution in [3.63, 3.8) is 0 Å². The Bertz CT molecular complexity index is 368. The summed E-state index contributed by atoms with van der Waals surface area (Å²) in [5.41, 5.74) is 5.92. The number of carbonyl (C=O) groups excluding carboxylic acids is 1. The van der Waals surface area contributed by atoms with E-state index in [1.807, 2.05) is 6.20 Å². The van der Waals surface area contributed by atoms with E-state index in [-0.39, 0.29) is 11.4 Å². The average Bonchev–Trinajstić information content (AvgIpc) is 2.96. The van der Waals surface area contributed by atoms with Gasteiger partial charge in [-0.2, -0.15) is 0 Å². The van der Waals surface area contributed by atoms with Crippen molar-refractivity contribution in [3.05, 3.63) is 18.2 Å². The molecule has 0 spiro atoms. The number of aromatic amines is 1. The SMILES string of the molecule is NC1(CC(=O)NCCCc2ncc[nH]2)CCCC1. The van der Waals surface area contributed by atoms with E-state index in [4.69, 9.17) is 5.73 Å². The highest BCUT2D eigenvalue weighted by Gasteiger charge is 2.31. The third-order valence-corrected chi connectivity index (χ3v) is 3.58. The molecule has 0 bridgehead atoms. The number of rotatable bonds is 6. The molecular weight excluding hydrogens is 228 g/mol. The molecule has 0 atom stereocenters. The first kappa shape index (κ1) is 13.1. The number of nitrogens with zero attached hydrogens (tertiary/aromatic N) is 1. The maximum atomic E-state index is 11.8. The van der Waals surface area contributed by atoms with Crippen LogP contribution in [0.15, 0.2) is 12.4 Å². The fraction of sp³-hybridized carbons (Fsp3) is 0.692. The van der Waals surface area contributed by atoms with Gasteiger partial charge in [-0.1, -0.05) is 12.8 Å². The molecule has 5 heteroatoms. The Morgan fingerprint density at radius 3 is 2.94 bits per heavy atom. The first-order valence-corrected chi connectivity index (χ1v) is 6.72. The molecule has 1 aliphatic rings. The molecule has 0 aromatic carbocycles. The molecule has 100 valence electrons. The Kier molecular flexibility index (Phi) is 4.36. The lowest BCUT2D eigenvalue weighted by Gasteiger charge is -2.22. The predicted octanol–water partition coefficient (Wildman–Crippen LogP) is 1.12. The van der Waals surface area contributed by atoms with Gasteiger partial charge in [-0.15, -0.1) is 0 Å². The van der Waals surface area contributed by atoms with Crippen LogP contribution in [0.1, 0.15) is 44.3 Å². The highest BCUT2D eigenvalue weighted by molar-refractivity contribution is 5.77. The number of nitrogens with two attached hydrogens (primary N) is 1. The first-order valence-electron chi connectivity index (χ1n) is 6.72. The number of H-pyrrole nitrogens is 1. The standard InChI is InChI=1S/C13H22N4O/c14-13(5-1-2-6-13)10-12(18)17-7-3-4-11-15-8-9-16-11/h8-9H,1-7,10,14H2,(H,15,16)(H,17,18). The molecule has 1 aromatic heterocycles. The normalized spacial score (nSPS) is 17.8. The third-order valence-electron chi connectivity index (χ3n) is 3.58. The second kappa shape index (κ2) is 6.00.